The molecule has 2 N–H and O–H groups in total. The van der Waals surface area contributed by atoms with Crippen molar-refractivity contribution in [2.75, 3.05) is 6.54 Å². The van der Waals surface area contributed by atoms with E-state index >= 15 is 0 Å². The third-order valence-corrected chi connectivity index (χ3v) is 2.79. The largest absolute Gasteiger partial charge is 0.481 e. The second kappa shape index (κ2) is 7.57. The second-order valence-corrected chi connectivity index (χ2v) is 5.20. The molecule has 0 radical (unpaired) electrons. The van der Waals surface area contributed by atoms with Gasteiger partial charge in [0.25, 0.3) is 5.91 Å². The minimum atomic E-state index is -0.891. The number of carboxylic acid groups (broad SMARTS) is 1. The lowest BCUT2D eigenvalue weighted by Gasteiger charge is -2.17. The standard InChI is InChI=1S/C14H19FN2O3/c1-9(2)3-10(4-13(18)19)6-17-14(20)11-5-12(15)8-16-7-11/h5,7-10H,3-4,6H2,1-2H3,(H,17,20)(H,18,19). The number of rotatable bonds is 7. The molecule has 0 aliphatic rings. The van der Waals surface area contributed by atoms with E-state index in [0.717, 1.165) is 12.3 Å². The molecule has 0 aromatic carbocycles. The number of amides is 1. The minimum absolute atomic E-state index is 0.000138. The molecule has 5 nitrogen and oxygen atoms in total. The van der Waals surface area contributed by atoms with Crippen LogP contribution in [0.3, 0.4) is 0 Å². The van der Waals surface area contributed by atoms with Gasteiger partial charge in [0.1, 0.15) is 5.82 Å². The van der Waals surface area contributed by atoms with Crippen molar-refractivity contribution in [1.82, 2.24) is 10.3 Å². The maximum Gasteiger partial charge on any atom is 0.303 e. The lowest BCUT2D eigenvalue weighted by atomic mass is 9.94. The van der Waals surface area contributed by atoms with Crippen LogP contribution in [0.1, 0.15) is 37.0 Å². The zero-order chi connectivity index (χ0) is 15.1. The zero-order valence-electron chi connectivity index (χ0n) is 11.6. The Hall–Kier alpha value is -1.98. The molecule has 1 unspecified atom stereocenters. The van der Waals surface area contributed by atoms with E-state index in [4.69, 9.17) is 5.11 Å². The van der Waals surface area contributed by atoms with E-state index in [-0.39, 0.29) is 24.4 Å². The molecular formula is C14H19FN2O3. The summed E-state index contributed by atoms with van der Waals surface area (Å²) >= 11 is 0. The van der Waals surface area contributed by atoms with Gasteiger partial charge in [0.2, 0.25) is 0 Å². The number of hydrogen-bond acceptors (Lipinski definition) is 3. The molecule has 1 atom stereocenters. The van der Waals surface area contributed by atoms with Crippen molar-refractivity contribution < 1.29 is 19.1 Å². The highest BCUT2D eigenvalue weighted by molar-refractivity contribution is 5.93. The first-order valence-electron chi connectivity index (χ1n) is 6.49. The molecular weight excluding hydrogens is 263 g/mol. The lowest BCUT2D eigenvalue weighted by molar-refractivity contribution is -0.138. The highest BCUT2D eigenvalue weighted by Gasteiger charge is 2.16. The summed E-state index contributed by atoms with van der Waals surface area (Å²) < 4.78 is 13.0. The fourth-order valence-corrected chi connectivity index (χ4v) is 2.03. The van der Waals surface area contributed by atoms with E-state index < -0.39 is 17.7 Å². The van der Waals surface area contributed by atoms with Crippen LogP contribution in [0, 0.1) is 17.7 Å². The van der Waals surface area contributed by atoms with Gasteiger partial charge in [-0.3, -0.25) is 14.6 Å². The maximum atomic E-state index is 13.0. The topological polar surface area (TPSA) is 79.3 Å². The number of carbonyl (C=O) groups is 2. The van der Waals surface area contributed by atoms with Crippen molar-refractivity contribution in [3.63, 3.8) is 0 Å². The summed E-state index contributed by atoms with van der Waals surface area (Å²) in [5, 5.41) is 11.5. The number of aliphatic carboxylic acids is 1. The second-order valence-electron chi connectivity index (χ2n) is 5.20. The lowest BCUT2D eigenvalue weighted by Crippen LogP contribution is -2.31. The van der Waals surface area contributed by atoms with Crippen molar-refractivity contribution in [2.45, 2.75) is 26.7 Å². The molecule has 1 aromatic heterocycles. The molecule has 0 bridgehead atoms. The van der Waals surface area contributed by atoms with Gasteiger partial charge in [-0.05, 0) is 24.3 Å². The summed E-state index contributed by atoms with van der Waals surface area (Å²) in [6.45, 7) is 4.24. The van der Waals surface area contributed by atoms with Crippen molar-refractivity contribution in [3.05, 3.63) is 29.8 Å². The predicted molar refractivity (Wildman–Crippen MR) is 71.7 cm³/mol. The Labute approximate surface area is 117 Å². The van der Waals surface area contributed by atoms with Gasteiger partial charge >= 0.3 is 5.97 Å². The Bertz CT molecular complexity index is 477. The Morgan fingerprint density at radius 3 is 2.65 bits per heavy atom. The van der Waals surface area contributed by atoms with Crippen LogP contribution in [-0.4, -0.2) is 28.5 Å². The summed E-state index contributed by atoms with van der Waals surface area (Å²) in [6, 6.07) is 1.09. The SMILES string of the molecule is CC(C)CC(CNC(=O)c1cncc(F)c1)CC(=O)O. The molecule has 1 rings (SSSR count). The van der Waals surface area contributed by atoms with Gasteiger partial charge in [-0.25, -0.2) is 4.39 Å². The van der Waals surface area contributed by atoms with Crippen LogP contribution in [0.25, 0.3) is 0 Å². The highest BCUT2D eigenvalue weighted by atomic mass is 19.1. The summed E-state index contributed by atoms with van der Waals surface area (Å²) in [7, 11) is 0. The van der Waals surface area contributed by atoms with Gasteiger partial charge in [0.15, 0.2) is 0 Å². The Morgan fingerprint density at radius 2 is 2.10 bits per heavy atom. The quantitative estimate of drug-likeness (QED) is 0.802. The summed E-state index contributed by atoms with van der Waals surface area (Å²) in [6.07, 6.45) is 2.99. The molecule has 20 heavy (non-hydrogen) atoms. The zero-order valence-corrected chi connectivity index (χ0v) is 11.6. The molecule has 0 saturated heterocycles. The molecule has 0 saturated carbocycles. The smallest absolute Gasteiger partial charge is 0.303 e. The number of carboxylic acids is 1. The summed E-state index contributed by atoms with van der Waals surface area (Å²) in [4.78, 5) is 26.2. The van der Waals surface area contributed by atoms with Crippen molar-refractivity contribution in [1.29, 1.82) is 0 Å². The number of pyridine rings is 1. The molecule has 0 aliphatic heterocycles. The van der Waals surface area contributed by atoms with Crippen molar-refractivity contribution in [2.24, 2.45) is 11.8 Å². The average Bonchev–Trinajstić information content (AvgIpc) is 2.34. The van der Waals surface area contributed by atoms with E-state index in [0.29, 0.717) is 12.3 Å². The van der Waals surface area contributed by atoms with Crippen LogP contribution in [0.4, 0.5) is 4.39 Å². The predicted octanol–water partition coefficient (Wildman–Crippen LogP) is 2.09. The normalized spacial score (nSPS) is 12.2. The average molecular weight is 282 g/mol. The highest BCUT2D eigenvalue weighted by Crippen LogP contribution is 2.15. The Kier molecular flexibility index (Phi) is 6.09. The van der Waals surface area contributed by atoms with Gasteiger partial charge < -0.3 is 10.4 Å². The minimum Gasteiger partial charge on any atom is -0.481 e. The number of carbonyl (C=O) groups excluding carboxylic acids is 1. The maximum absolute atomic E-state index is 13.0. The number of aromatic nitrogens is 1. The first-order valence-corrected chi connectivity index (χ1v) is 6.49. The molecule has 0 spiro atoms. The van der Waals surface area contributed by atoms with Crippen LogP contribution >= 0.6 is 0 Å². The van der Waals surface area contributed by atoms with E-state index in [1.54, 1.807) is 0 Å². The number of halogens is 1. The van der Waals surface area contributed by atoms with E-state index in [9.17, 15) is 14.0 Å². The van der Waals surface area contributed by atoms with E-state index in [1.807, 2.05) is 13.8 Å². The van der Waals surface area contributed by atoms with Gasteiger partial charge in [-0.2, -0.15) is 0 Å². The number of hydrogen-bond donors (Lipinski definition) is 2. The Morgan fingerprint density at radius 1 is 1.40 bits per heavy atom. The van der Waals surface area contributed by atoms with Crippen LogP contribution in [0.15, 0.2) is 18.5 Å². The molecule has 110 valence electrons. The van der Waals surface area contributed by atoms with Crippen LogP contribution < -0.4 is 5.32 Å². The van der Waals surface area contributed by atoms with Crippen molar-refractivity contribution >= 4 is 11.9 Å². The van der Waals surface area contributed by atoms with Gasteiger partial charge in [0, 0.05) is 19.2 Å². The fraction of sp³-hybridized carbons (Fsp3) is 0.500. The van der Waals surface area contributed by atoms with Crippen LogP contribution in [0.2, 0.25) is 0 Å². The summed E-state index contributed by atoms with van der Waals surface area (Å²) in [5.41, 5.74) is 0.128. The molecule has 1 aromatic rings. The van der Waals surface area contributed by atoms with Crippen LogP contribution in [-0.2, 0) is 4.79 Å². The van der Waals surface area contributed by atoms with Gasteiger partial charge in [-0.1, -0.05) is 13.8 Å². The Balaban J connectivity index is 2.57. The third kappa shape index (κ3) is 5.77. The molecule has 6 heteroatoms. The third-order valence-electron chi connectivity index (χ3n) is 2.79. The van der Waals surface area contributed by atoms with Crippen molar-refractivity contribution in [3.8, 4) is 0 Å². The van der Waals surface area contributed by atoms with E-state index in [2.05, 4.69) is 10.3 Å². The number of nitrogens with one attached hydrogen (secondary N) is 1. The summed E-state index contributed by atoms with van der Waals surface area (Å²) in [5.74, 6) is -1.72. The molecule has 1 heterocycles. The van der Waals surface area contributed by atoms with E-state index in [1.165, 1.54) is 6.20 Å². The number of nitrogens with zero attached hydrogens (tertiary/aromatic N) is 1. The van der Waals surface area contributed by atoms with Gasteiger partial charge in [0.05, 0.1) is 11.8 Å². The fourth-order valence-electron chi connectivity index (χ4n) is 2.03. The molecule has 0 aliphatic carbocycles. The van der Waals surface area contributed by atoms with Gasteiger partial charge in [-0.15, -0.1) is 0 Å². The monoisotopic (exact) mass is 282 g/mol. The van der Waals surface area contributed by atoms with Crippen LogP contribution in [0.5, 0.6) is 0 Å². The molecule has 1 amide bonds. The first-order chi connectivity index (χ1) is 9.38. The molecule has 0 fully saturated rings. The first kappa shape index (κ1) is 16.1.